The van der Waals surface area contributed by atoms with Crippen molar-refractivity contribution < 1.29 is 0 Å². The van der Waals surface area contributed by atoms with Gasteiger partial charge in [0.05, 0.1) is 0 Å². The molecule has 2 nitrogen and oxygen atoms in total. The Morgan fingerprint density at radius 1 is 1.18 bits per heavy atom. The summed E-state index contributed by atoms with van der Waals surface area (Å²) in [6, 6.07) is 4.24. The van der Waals surface area contributed by atoms with E-state index in [9.17, 15) is 0 Å². The van der Waals surface area contributed by atoms with Crippen LogP contribution < -0.4 is 5.73 Å². The van der Waals surface area contributed by atoms with Crippen molar-refractivity contribution in [3.8, 4) is 0 Å². The number of hydrogen-bond acceptors (Lipinski definition) is 2. The molecule has 0 bridgehead atoms. The van der Waals surface area contributed by atoms with Crippen LogP contribution in [0, 0.1) is 5.92 Å². The summed E-state index contributed by atoms with van der Waals surface area (Å²) in [5.74, 6) is 1.14. The number of rotatable bonds is 6. The molecular weight excluding hydrogens is 208 g/mol. The number of aromatic nitrogens is 1. The van der Waals surface area contributed by atoms with E-state index in [1.165, 1.54) is 5.56 Å². The molecule has 0 spiro atoms. The molecule has 17 heavy (non-hydrogen) atoms. The van der Waals surface area contributed by atoms with E-state index in [0.717, 1.165) is 19.3 Å². The van der Waals surface area contributed by atoms with Gasteiger partial charge in [-0.1, -0.05) is 27.7 Å². The van der Waals surface area contributed by atoms with Crippen molar-refractivity contribution in [2.75, 3.05) is 0 Å². The molecule has 1 aromatic heterocycles. The van der Waals surface area contributed by atoms with Gasteiger partial charge in [-0.15, -0.1) is 0 Å². The first-order valence-corrected chi connectivity index (χ1v) is 6.71. The fourth-order valence-electron chi connectivity index (χ4n) is 2.33. The van der Waals surface area contributed by atoms with Gasteiger partial charge in [0.15, 0.2) is 0 Å². The van der Waals surface area contributed by atoms with Crippen molar-refractivity contribution in [2.24, 2.45) is 11.7 Å². The van der Waals surface area contributed by atoms with Crippen molar-refractivity contribution in [1.29, 1.82) is 0 Å². The molecule has 0 aliphatic carbocycles. The fraction of sp³-hybridized carbons (Fsp3) is 0.667. The average molecular weight is 234 g/mol. The molecule has 0 aliphatic heterocycles. The second-order valence-electron chi connectivity index (χ2n) is 5.40. The third-order valence-corrected chi connectivity index (χ3v) is 3.97. The maximum atomic E-state index is 6.46. The molecule has 0 fully saturated rings. The minimum absolute atomic E-state index is 0.0296. The third-order valence-electron chi connectivity index (χ3n) is 3.97. The minimum Gasteiger partial charge on any atom is -0.325 e. The predicted octanol–water partition coefficient (Wildman–Crippen LogP) is 3.73. The van der Waals surface area contributed by atoms with Crippen LogP contribution in [0.5, 0.6) is 0 Å². The van der Waals surface area contributed by atoms with Gasteiger partial charge in [-0.25, -0.2) is 0 Å². The molecule has 2 heteroatoms. The summed E-state index contributed by atoms with van der Waals surface area (Å²) in [6.07, 6.45) is 6.89. The highest BCUT2D eigenvalue weighted by Gasteiger charge is 2.27. The van der Waals surface area contributed by atoms with Crippen LogP contribution in [0.15, 0.2) is 24.5 Å². The fourth-order valence-corrected chi connectivity index (χ4v) is 2.33. The Labute approximate surface area is 106 Å². The van der Waals surface area contributed by atoms with E-state index in [-0.39, 0.29) is 5.54 Å². The normalized spacial score (nSPS) is 14.0. The lowest BCUT2D eigenvalue weighted by molar-refractivity contribution is 0.303. The van der Waals surface area contributed by atoms with Gasteiger partial charge in [-0.05, 0) is 48.8 Å². The van der Waals surface area contributed by atoms with Crippen LogP contribution in [0.1, 0.15) is 58.4 Å². The topological polar surface area (TPSA) is 38.9 Å². The highest BCUT2D eigenvalue weighted by atomic mass is 14.7. The molecule has 1 atom stereocenters. The molecule has 0 aliphatic rings. The summed E-state index contributed by atoms with van der Waals surface area (Å²) in [5, 5.41) is 0. The van der Waals surface area contributed by atoms with Gasteiger partial charge in [0.1, 0.15) is 0 Å². The van der Waals surface area contributed by atoms with Gasteiger partial charge in [0.2, 0.25) is 0 Å². The maximum Gasteiger partial charge on any atom is 0.0270 e. The summed E-state index contributed by atoms with van der Waals surface area (Å²) in [6.45, 7) is 8.93. The number of nitrogens with two attached hydrogens (primary N) is 1. The summed E-state index contributed by atoms with van der Waals surface area (Å²) in [5.41, 5.74) is 7.79. The van der Waals surface area contributed by atoms with Crippen LogP contribution in [0.25, 0.3) is 0 Å². The summed E-state index contributed by atoms with van der Waals surface area (Å²) >= 11 is 0. The quantitative estimate of drug-likeness (QED) is 0.814. The summed E-state index contributed by atoms with van der Waals surface area (Å²) in [7, 11) is 0. The Kier molecular flexibility index (Phi) is 5.13. The largest absolute Gasteiger partial charge is 0.325 e. The third kappa shape index (κ3) is 3.81. The predicted molar refractivity (Wildman–Crippen MR) is 73.9 cm³/mol. The lowest BCUT2D eigenvalue weighted by Gasteiger charge is -2.33. The smallest absolute Gasteiger partial charge is 0.0270 e. The Morgan fingerprint density at radius 2 is 1.71 bits per heavy atom. The van der Waals surface area contributed by atoms with E-state index in [0.29, 0.717) is 11.8 Å². The molecule has 2 N–H and O–H groups in total. The first kappa shape index (κ1) is 14.2. The van der Waals surface area contributed by atoms with Crippen molar-refractivity contribution in [3.63, 3.8) is 0 Å². The van der Waals surface area contributed by atoms with E-state index in [1.807, 2.05) is 12.4 Å². The number of pyridine rings is 1. The van der Waals surface area contributed by atoms with Gasteiger partial charge < -0.3 is 5.73 Å². The van der Waals surface area contributed by atoms with Crippen LogP contribution in [0.2, 0.25) is 0 Å². The van der Waals surface area contributed by atoms with E-state index in [2.05, 4.69) is 44.8 Å². The van der Waals surface area contributed by atoms with Gasteiger partial charge in [0.25, 0.3) is 0 Å². The van der Waals surface area contributed by atoms with Crippen LogP contribution in [-0.4, -0.2) is 10.5 Å². The second-order valence-corrected chi connectivity index (χ2v) is 5.40. The lowest BCUT2D eigenvalue weighted by atomic mass is 9.76. The molecule has 0 aromatic carbocycles. The van der Waals surface area contributed by atoms with Crippen molar-refractivity contribution >= 4 is 0 Å². The Bertz CT molecular complexity index is 315. The molecule has 1 heterocycles. The molecule has 0 amide bonds. The molecular formula is C15H26N2. The minimum atomic E-state index is -0.0296. The zero-order valence-electron chi connectivity index (χ0n) is 11.6. The Balaban J connectivity index is 2.88. The highest BCUT2D eigenvalue weighted by Crippen LogP contribution is 2.34. The van der Waals surface area contributed by atoms with Crippen LogP contribution >= 0.6 is 0 Å². The van der Waals surface area contributed by atoms with Crippen molar-refractivity contribution in [1.82, 2.24) is 4.98 Å². The van der Waals surface area contributed by atoms with Crippen LogP contribution in [0.4, 0.5) is 0 Å². The standard InChI is InChI=1S/C15H26N2/c1-5-15(16,6-2)11-14(12(3)4)13-7-9-17-10-8-13/h7-10,12,14H,5-6,11,16H2,1-4H3/t14-/m0/s1. The molecule has 1 rings (SSSR count). The highest BCUT2D eigenvalue weighted by molar-refractivity contribution is 5.17. The lowest BCUT2D eigenvalue weighted by Crippen LogP contribution is -2.40. The van der Waals surface area contributed by atoms with Crippen molar-refractivity contribution in [2.45, 2.75) is 58.4 Å². The molecule has 0 unspecified atom stereocenters. The first-order valence-electron chi connectivity index (χ1n) is 6.71. The van der Waals surface area contributed by atoms with Crippen LogP contribution in [-0.2, 0) is 0 Å². The molecule has 96 valence electrons. The molecule has 0 saturated carbocycles. The van der Waals surface area contributed by atoms with Gasteiger partial charge >= 0.3 is 0 Å². The second kappa shape index (κ2) is 6.15. The summed E-state index contributed by atoms with van der Waals surface area (Å²) in [4.78, 5) is 4.09. The van der Waals surface area contributed by atoms with Crippen molar-refractivity contribution in [3.05, 3.63) is 30.1 Å². The zero-order chi connectivity index (χ0) is 12.9. The van der Waals surface area contributed by atoms with Crippen LogP contribution in [0.3, 0.4) is 0 Å². The number of hydrogen-bond donors (Lipinski definition) is 1. The van der Waals surface area contributed by atoms with Gasteiger partial charge in [-0.3, -0.25) is 4.98 Å². The maximum absolute atomic E-state index is 6.46. The summed E-state index contributed by atoms with van der Waals surface area (Å²) < 4.78 is 0. The monoisotopic (exact) mass is 234 g/mol. The molecule has 0 saturated heterocycles. The van der Waals surface area contributed by atoms with Gasteiger partial charge in [0, 0.05) is 17.9 Å². The molecule has 0 radical (unpaired) electrons. The number of nitrogens with zero attached hydrogens (tertiary/aromatic N) is 1. The van der Waals surface area contributed by atoms with E-state index in [1.54, 1.807) is 0 Å². The van der Waals surface area contributed by atoms with Gasteiger partial charge in [-0.2, -0.15) is 0 Å². The van der Waals surface area contributed by atoms with E-state index < -0.39 is 0 Å². The average Bonchev–Trinajstić information content (AvgIpc) is 2.36. The molecule has 1 aromatic rings. The zero-order valence-corrected chi connectivity index (χ0v) is 11.6. The van der Waals surface area contributed by atoms with E-state index in [4.69, 9.17) is 5.73 Å². The first-order chi connectivity index (χ1) is 8.02. The Hall–Kier alpha value is -0.890. The SMILES string of the molecule is CCC(N)(CC)C[C@H](c1ccncc1)C(C)C. The Morgan fingerprint density at radius 3 is 2.12 bits per heavy atom. The van der Waals surface area contributed by atoms with E-state index >= 15 is 0 Å².